The molecule has 1 N–H and O–H groups in total. The molecule has 0 saturated carbocycles. The molecule has 2 aromatic rings. The Morgan fingerprint density at radius 1 is 1.20 bits per heavy atom. The summed E-state index contributed by atoms with van der Waals surface area (Å²) in [5.41, 5.74) is 1.31. The van der Waals surface area contributed by atoms with Crippen LogP contribution in [0.4, 0.5) is 4.39 Å². The molecule has 0 aromatic heterocycles. The molecule has 0 bridgehead atoms. The Hall–Kier alpha value is -1.58. The SMILES string of the molecule is CCNC(c1ccccc1Cl)c1c(F)cccc1OC. The van der Waals surface area contributed by atoms with E-state index in [1.165, 1.54) is 13.2 Å². The van der Waals surface area contributed by atoms with Gasteiger partial charge in [0.15, 0.2) is 0 Å². The van der Waals surface area contributed by atoms with Crippen molar-refractivity contribution in [1.29, 1.82) is 0 Å². The lowest BCUT2D eigenvalue weighted by molar-refractivity contribution is 0.397. The summed E-state index contributed by atoms with van der Waals surface area (Å²) < 4.78 is 19.6. The molecule has 0 heterocycles. The van der Waals surface area contributed by atoms with Gasteiger partial charge in [0.05, 0.1) is 18.7 Å². The molecular formula is C16H17ClFNO. The minimum Gasteiger partial charge on any atom is -0.496 e. The van der Waals surface area contributed by atoms with E-state index in [2.05, 4.69) is 5.32 Å². The van der Waals surface area contributed by atoms with Gasteiger partial charge in [-0.1, -0.05) is 42.8 Å². The van der Waals surface area contributed by atoms with Gasteiger partial charge in [0.2, 0.25) is 0 Å². The van der Waals surface area contributed by atoms with Crippen LogP contribution < -0.4 is 10.1 Å². The predicted octanol–water partition coefficient (Wildman–Crippen LogP) is 4.19. The third kappa shape index (κ3) is 2.94. The summed E-state index contributed by atoms with van der Waals surface area (Å²) in [5, 5.41) is 3.87. The molecule has 0 aliphatic heterocycles. The minimum absolute atomic E-state index is 0.310. The topological polar surface area (TPSA) is 21.3 Å². The summed E-state index contributed by atoms with van der Waals surface area (Å²) >= 11 is 6.25. The second kappa shape index (κ2) is 6.73. The zero-order valence-corrected chi connectivity index (χ0v) is 12.2. The van der Waals surface area contributed by atoms with Crippen LogP contribution in [0, 0.1) is 5.82 Å². The van der Waals surface area contributed by atoms with Crippen LogP contribution in [0.3, 0.4) is 0 Å². The summed E-state index contributed by atoms with van der Waals surface area (Å²) in [4.78, 5) is 0. The lowest BCUT2D eigenvalue weighted by atomic mass is 9.97. The Morgan fingerprint density at radius 3 is 2.60 bits per heavy atom. The van der Waals surface area contributed by atoms with Crippen molar-refractivity contribution >= 4 is 11.6 Å². The van der Waals surface area contributed by atoms with Crippen LogP contribution in [0.15, 0.2) is 42.5 Å². The Balaban J connectivity index is 2.57. The highest BCUT2D eigenvalue weighted by Crippen LogP contribution is 2.35. The maximum absolute atomic E-state index is 14.3. The van der Waals surface area contributed by atoms with E-state index in [1.807, 2.05) is 25.1 Å². The monoisotopic (exact) mass is 293 g/mol. The molecule has 0 aliphatic carbocycles. The molecule has 2 aromatic carbocycles. The van der Waals surface area contributed by atoms with Gasteiger partial charge in [-0.2, -0.15) is 0 Å². The van der Waals surface area contributed by atoms with E-state index in [0.717, 1.165) is 5.56 Å². The predicted molar refractivity (Wildman–Crippen MR) is 79.9 cm³/mol. The molecule has 1 unspecified atom stereocenters. The van der Waals surface area contributed by atoms with Crippen LogP contribution in [-0.2, 0) is 0 Å². The van der Waals surface area contributed by atoms with E-state index >= 15 is 0 Å². The van der Waals surface area contributed by atoms with Crippen LogP contribution in [-0.4, -0.2) is 13.7 Å². The zero-order chi connectivity index (χ0) is 14.5. The van der Waals surface area contributed by atoms with E-state index in [0.29, 0.717) is 22.9 Å². The first-order valence-electron chi connectivity index (χ1n) is 6.49. The average Bonchev–Trinajstić information content (AvgIpc) is 2.46. The summed E-state index contributed by atoms with van der Waals surface area (Å²) in [6.07, 6.45) is 0. The van der Waals surface area contributed by atoms with E-state index in [-0.39, 0.29) is 11.9 Å². The number of ether oxygens (including phenoxy) is 1. The van der Waals surface area contributed by atoms with Crippen LogP contribution >= 0.6 is 11.6 Å². The first-order valence-corrected chi connectivity index (χ1v) is 6.87. The van der Waals surface area contributed by atoms with Crippen molar-refractivity contribution in [3.63, 3.8) is 0 Å². The van der Waals surface area contributed by atoms with Gasteiger partial charge >= 0.3 is 0 Å². The molecule has 4 heteroatoms. The highest BCUT2D eigenvalue weighted by Gasteiger charge is 2.23. The standard InChI is InChI=1S/C16H17ClFNO/c1-3-19-16(11-7-4-5-8-12(11)17)15-13(18)9-6-10-14(15)20-2/h4-10,16,19H,3H2,1-2H3. The third-order valence-electron chi connectivity index (χ3n) is 3.15. The van der Waals surface area contributed by atoms with Crippen molar-refractivity contribution < 1.29 is 9.13 Å². The molecule has 0 fully saturated rings. The first-order chi connectivity index (χ1) is 9.69. The average molecular weight is 294 g/mol. The van der Waals surface area contributed by atoms with E-state index in [9.17, 15) is 4.39 Å². The Kier molecular flexibility index (Phi) is 4.99. The van der Waals surface area contributed by atoms with Gasteiger partial charge in [-0.15, -0.1) is 0 Å². The third-order valence-corrected chi connectivity index (χ3v) is 3.49. The highest BCUT2D eigenvalue weighted by atomic mass is 35.5. The molecule has 106 valence electrons. The van der Waals surface area contributed by atoms with Gasteiger partial charge in [0.25, 0.3) is 0 Å². The van der Waals surface area contributed by atoms with Crippen LogP contribution in [0.1, 0.15) is 24.1 Å². The van der Waals surface area contributed by atoms with Crippen molar-refractivity contribution in [2.45, 2.75) is 13.0 Å². The number of benzene rings is 2. The molecule has 2 rings (SSSR count). The van der Waals surface area contributed by atoms with Crippen LogP contribution in [0.2, 0.25) is 5.02 Å². The molecule has 1 atom stereocenters. The molecule has 0 spiro atoms. The molecule has 0 radical (unpaired) electrons. The number of nitrogens with one attached hydrogen (secondary N) is 1. The largest absolute Gasteiger partial charge is 0.496 e. The van der Waals surface area contributed by atoms with Gasteiger partial charge < -0.3 is 10.1 Å². The molecule has 20 heavy (non-hydrogen) atoms. The fourth-order valence-corrected chi connectivity index (χ4v) is 2.50. The normalized spacial score (nSPS) is 12.2. The number of methoxy groups -OCH3 is 1. The molecule has 0 saturated heterocycles. The van der Waals surface area contributed by atoms with Crippen molar-refractivity contribution in [2.24, 2.45) is 0 Å². The number of hydrogen-bond acceptors (Lipinski definition) is 2. The summed E-state index contributed by atoms with van der Waals surface area (Å²) in [7, 11) is 1.54. The quantitative estimate of drug-likeness (QED) is 0.892. The Morgan fingerprint density at radius 2 is 1.95 bits per heavy atom. The van der Waals surface area contributed by atoms with E-state index in [1.54, 1.807) is 18.2 Å². The zero-order valence-electron chi connectivity index (χ0n) is 11.5. The van der Waals surface area contributed by atoms with Crippen LogP contribution in [0.25, 0.3) is 0 Å². The Labute approximate surface area is 123 Å². The van der Waals surface area contributed by atoms with E-state index in [4.69, 9.17) is 16.3 Å². The van der Waals surface area contributed by atoms with Gasteiger partial charge in [0.1, 0.15) is 11.6 Å². The minimum atomic E-state index is -0.343. The first kappa shape index (κ1) is 14.8. The fourth-order valence-electron chi connectivity index (χ4n) is 2.26. The van der Waals surface area contributed by atoms with Gasteiger partial charge in [0, 0.05) is 5.02 Å². The Bertz CT molecular complexity index is 588. The highest BCUT2D eigenvalue weighted by molar-refractivity contribution is 6.31. The number of halogens is 2. The lowest BCUT2D eigenvalue weighted by Crippen LogP contribution is -2.24. The summed E-state index contributed by atoms with van der Waals surface area (Å²) in [5.74, 6) is 0.200. The van der Waals surface area contributed by atoms with Gasteiger partial charge in [-0.3, -0.25) is 0 Å². The summed E-state index contributed by atoms with van der Waals surface area (Å²) in [6, 6.07) is 11.9. The lowest BCUT2D eigenvalue weighted by Gasteiger charge is -2.22. The molecule has 0 amide bonds. The van der Waals surface area contributed by atoms with E-state index < -0.39 is 0 Å². The van der Waals surface area contributed by atoms with Crippen molar-refractivity contribution in [2.75, 3.05) is 13.7 Å². The second-order valence-corrected chi connectivity index (χ2v) is 4.78. The van der Waals surface area contributed by atoms with Crippen molar-refractivity contribution in [1.82, 2.24) is 5.32 Å². The molecular weight excluding hydrogens is 277 g/mol. The maximum Gasteiger partial charge on any atom is 0.132 e. The smallest absolute Gasteiger partial charge is 0.132 e. The molecule has 2 nitrogen and oxygen atoms in total. The van der Waals surface area contributed by atoms with Gasteiger partial charge in [-0.05, 0) is 30.3 Å². The van der Waals surface area contributed by atoms with Gasteiger partial charge in [-0.25, -0.2) is 4.39 Å². The second-order valence-electron chi connectivity index (χ2n) is 4.37. The molecule has 0 aliphatic rings. The van der Waals surface area contributed by atoms with Crippen molar-refractivity contribution in [3.8, 4) is 5.75 Å². The number of hydrogen-bond donors (Lipinski definition) is 1. The summed E-state index contributed by atoms with van der Waals surface area (Å²) in [6.45, 7) is 2.66. The number of rotatable bonds is 5. The van der Waals surface area contributed by atoms with Crippen molar-refractivity contribution in [3.05, 3.63) is 64.4 Å². The maximum atomic E-state index is 14.3. The fraction of sp³-hybridized carbons (Fsp3) is 0.250. The van der Waals surface area contributed by atoms with Crippen LogP contribution in [0.5, 0.6) is 5.75 Å².